The predicted molar refractivity (Wildman–Crippen MR) is 125 cm³/mol. The normalized spacial score (nSPS) is 18.1. The number of aromatic nitrogens is 2. The molecule has 170 valence electrons. The summed E-state index contributed by atoms with van der Waals surface area (Å²) in [5.74, 6) is 1.09. The van der Waals surface area contributed by atoms with Crippen molar-refractivity contribution in [1.29, 1.82) is 5.26 Å². The average Bonchev–Trinajstić information content (AvgIpc) is 2.81. The van der Waals surface area contributed by atoms with Gasteiger partial charge in [-0.05, 0) is 75.9 Å². The number of nitrogens with one attached hydrogen (secondary N) is 2. The summed E-state index contributed by atoms with van der Waals surface area (Å²) in [6, 6.07) is 10.7. The molecule has 2 N–H and O–H groups in total. The Morgan fingerprint density at radius 3 is 2.53 bits per heavy atom. The minimum Gasteiger partial charge on any atom is -0.477 e. The van der Waals surface area contributed by atoms with Gasteiger partial charge in [-0.25, -0.2) is 0 Å². The molecule has 1 aliphatic heterocycles. The number of carbonyl (C=O) groups excluding carboxylic acids is 1. The molecule has 32 heavy (non-hydrogen) atoms. The molecule has 2 heterocycles. The van der Waals surface area contributed by atoms with E-state index < -0.39 is 5.60 Å². The first-order chi connectivity index (χ1) is 15.1. The lowest BCUT2D eigenvalue weighted by Gasteiger charge is -2.36. The number of benzene rings is 1. The Kier molecular flexibility index (Phi) is 8.30. The third-order valence-electron chi connectivity index (χ3n) is 6.13. The first kappa shape index (κ1) is 24.2. The van der Waals surface area contributed by atoms with Gasteiger partial charge in [0, 0.05) is 12.0 Å². The molecule has 1 aliphatic carbocycles. The van der Waals surface area contributed by atoms with E-state index in [0.29, 0.717) is 40.9 Å². The molecule has 0 radical (unpaired) electrons. The number of nitrogens with zero attached hydrogens (tertiary/aromatic N) is 3. The molecular weight excluding hydrogens is 449 g/mol. The van der Waals surface area contributed by atoms with Crippen LogP contribution in [0.5, 0.6) is 5.75 Å². The molecule has 0 atom stereocenters. The Morgan fingerprint density at radius 1 is 1.16 bits per heavy atom. The van der Waals surface area contributed by atoms with Crippen molar-refractivity contribution in [3.63, 3.8) is 0 Å². The van der Waals surface area contributed by atoms with Crippen molar-refractivity contribution in [1.82, 2.24) is 15.5 Å². The topological polar surface area (TPSA) is 99.9 Å². The molecule has 7 nitrogen and oxygen atoms in total. The Morgan fingerprint density at radius 2 is 1.91 bits per heavy atom. The molecule has 2 aliphatic rings. The van der Waals surface area contributed by atoms with Crippen molar-refractivity contribution < 1.29 is 9.53 Å². The zero-order valence-electron chi connectivity index (χ0n) is 17.8. The Bertz CT molecular complexity index is 965. The molecule has 1 amide bonds. The van der Waals surface area contributed by atoms with Crippen molar-refractivity contribution >= 4 is 35.7 Å². The van der Waals surface area contributed by atoms with Crippen LogP contribution in [0.4, 0.5) is 5.82 Å². The van der Waals surface area contributed by atoms with Crippen LogP contribution in [0.25, 0.3) is 0 Å². The molecule has 1 saturated heterocycles. The highest BCUT2D eigenvalue weighted by Gasteiger charge is 2.42. The lowest BCUT2D eigenvalue weighted by Crippen LogP contribution is -2.49. The number of rotatable bonds is 5. The molecule has 1 saturated carbocycles. The second-order valence-electron chi connectivity index (χ2n) is 8.23. The summed E-state index contributed by atoms with van der Waals surface area (Å²) in [5, 5.41) is 24.3. The maximum atomic E-state index is 13.3. The smallest absolute Gasteiger partial charge is 0.269 e. The van der Waals surface area contributed by atoms with Crippen LogP contribution in [0, 0.1) is 11.3 Å². The number of amides is 1. The molecule has 4 rings (SSSR count). The summed E-state index contributed by atoms with van der Waals surface area (Å²) in [6.07, 6.45) is 6.18. The number of anilines is 1. The van der Waals surface area contributed by atoms with Crippen molar-refractivity contribution in [2.45, 2.75) is 56.5 Å². The van der Waals surface area contributed by atoms with E-state index >= 15 is 0 Å². The van der Waals surface area contributed by atoms with Crippen LogP contribution < -0.4 is 15.4 Å². The summed E-state index contributed by atoms with van der Waals surface area (Å²) in [7, 11) is 0. The lowest BCUT2D eigenvalue weighted by atomic mass is 9.83. The maximum absolute atomic E-state index is 13.3. The summed E-state index contributed by atoms with van der Waals surface area (Å²) in [4.78, 5) is 13.3. The molecule has 0 bridgehead atoms. The van der Waals surface area contributed by atoms with Crippen molar-refractivity contribution in [2.24, 2.45) is 0 Å². The summed E-state index contributed by atoms with van der Waals surface area (Å²) in [5.41, 5.74) is 0.348. The maximum Gasteiger partial charge on any atom is 0.269 e. The van der Waals surface area contributed by atoms with E-state index in [1.165, 1.54) is 0 Å². The Labute approximate surface area is 199 Å². The van der Waals surface area contributed by atoms with Gasteiger partial charge in [0.2, 0.25) is 0 Å². The van der Waals surface area contributed by atoms with Crippen LogP contribution in [0.3, 0.4) is 0 Å². The molecule has 1 aromatic carbocycles. The molecule has 2 fully saturated rings. The fourth-order valence-electron chi connectivity index (χ4n) is 4.35. The van der Waals surface area contributed by atoms with Gasteiger partial charge in [0.15, 0.2) is 11.4 Å². The van der Waals surface area contributed by atoms with Crippen LogP contribution in [0.2, 0.25) is 5.02 Å². The van der Waals surface area contributed by atoms with E-state index in [4.69, 9.17) is 21.6 Å². The highest BCUT2D eigenvalue weighted by Crippen LogP contribution is 2.35. The molecular formula is C23H27Cl2N5O2. The average molecular weight is 476 g/mol. The van der Waals surface area contributed by atoms with Crippen molar-refractivity contribution in [3.05, 3.63) is 46.6 Å². The van der Waals surface area contributed by atoms with Crippen LogP contribution in [-0.4, -0.2) is 34.8 Å². The van der Waals surface area contributed by atoms with E-state index in [-0.39, 0.29) is 18.3 Å². The van der Waals surface area contributed by atoms with Gasteiger partial charge < -0.3 is 15.4 Å². The van der Waals surface area contributed by atoms with E-state index in [1.807, 2.05) is 18.2 Å². The van der Waals surface area contributed by atoms with Gasteiger partial charge in [0.25, 0.3) is 5.91 Å². The molecule has 0 unspecified atom stereocenters. The number of hydrogen-bond acceptors (Lipinski definition) is 6. The van der Waals surface area contributed by atoms with Gasteiger partial charge in [0.1, 0.15) is 11.8 Å². The fourth-order valence-corrected chi connectivity index (χ4v) is 4.56. The van der Waals surface area contributed by atoms with Crippen LogP contribution in [0.15, 0.2) is 30.3 Å². The zero-order valence-corrected chi connectivity index (χ0v) is 19.3. The number of nitriles is 1. The van der Waals surface area contributed by atoms with E-state index in [2.05, 4.69) is 20.8 Å². The first-order valence-electron chi connectivity index (χ1n) is 10.8. The van der Waals surface area contributed by atoms with Crippen molar-refractivity contribution in [2.75, 3.05) is 18.4 Å². The quantitative estimate of drug-likeness (QED) is 0.654. The van der Waals surface area contributed by atoms with Gasteiger partial charge in [-0.2, -0.15) is 10.4 Å². The summed E-state index contributed by atoms with van der Waals surface area (Å²) >= 11 is 6.16. The highest BCUT2D eigenvalue weighted by atomic mass is 35.5. The van der Waals surface area contributed by atoms with E-state index in [9.17, 15) is 4.79 Å². The van der Waals surface area contributed by atoms with Crippen LogP contribution in [0.1, 0.15) is 62.1 Å². The number of ether oxygens (including phenoxy) is 1. The number of halogens is 2. The third kappa shape index (κ3) is 5.50. The number of piperidine rings is 1. The molecule has 2 aromatic rings. The second-order valence-corrected chi connectivity index (χ2v) is 8.64. The standard InChI is InChI=1S/C23H26ClN5O2.ClH/c24-19-14-18(5-4-17(19)15-25)31-23(10-2-1-3-11-23)22(30)27-21-7-6-20(28-29-21)16-8-12-26-13-9-16;/h4-7,14,16,26H,1-3,8-13H2,(H,27,29,30);1H. The van der Waals surface area contributed by atoms with Gasteiger partial charge in [-0.3, -0.25) is 4.79 Å². The van der Waals surface area contributed by atoms with Gasteiger partial charge in [-0.15, -0.1) is 17.5 Å². The van der Waals surface area contributed by atoms with Crippen LogP contribution in [-0.2, 0) is 4.79 Å². The largest absolute Gasteiger partial charge is 0.477 e. The van der Waals surface area contributed by atoms with Crippen LogP contribution >= 0.6 is 24.0 Å². The Hall–Kier alpha value is -2.40. The molecule has 1 aromatic heterocycles. The van der Waals surface area contributed by atoms with E-state index in [1.54, 1.807) is 18.2 Å². The minimum atomic E-state index is -0.995. The Balaban J connectivity index is 0.00000289. The van der Waals surface area contributed by atoms with Gasteiger partial charge in [0.05, 0.1) is 16.3 Å². The van der Waals surface area contributed by atoms with Crippen molar-refractivity contribution in [3.8, 4) is 11.8 Å². The first-order valence-corrected chi connectivity index (χ1v) is 11.2. The number of hydrogen-bond donors (Lipinski definition) is 2. The minimum absolute atomic E-state index is 0. The molecule has 9 heteroatoms. The predicted octanol–water partition coefficient (Wildman–Crippen LogP) is 4.61. The summed E-state index contributed by atoms with van der Waals surface area (Å²) < 4.78 is 6.22. The molecule has 0 spiro atoms. The second kappa shape index (κ2) is 11.0. The lowest BCUT2D eigenvalue weighted by molar-refractivity contribution is -0.134. The summed E-state index contributed by atoms with van der Waals surface area (Å²) in [6.45, 7) is 1.98. The van der Waals surface area contributed by atoms with Gasteiger partial charge >= 0.3 is 0 Å². The highest BCUT2D eigenvalue weighted by molar-refractivity contribution is 6.31. The number of carbonyl (C=O) groups is 1. The van der Waals surface area contributed by atoms with Gasteiger partial charge in [-0.1, -0.05) is 18.0 Å². The monoisotopic (exact) mass is 475 g/mol. The fraction of sp³-hybridized carbons (Fsp3) is 0.478. The third-order valence-corrected chi connectivity index (χ3v) is 6.45. The SMILES string of the molecule is Cl.N#Cc1ccc(OC2(C(=O)Nc3ccc(C4CCNCC4)nn3)CCCCC2)cc1Cl. The zero-order chi connectivity index (χ0) is 21.7. The van der Waals surface area contributed by atoms with E-state index in [0.717, 1.165) is 50.9 Å².